The summed E-state index contributed by atoms with van der Waals surface area (Å²) in [4.78, 5) is 24.4. The number of thiophene rings is 1. The summed E-state index contributed by atoms with van der Waals surface area (Å²) < 4.78 is 11.1. The van der Waals surface area contributed by atoms with Crippen molar-refractivity contribution >= 4 is 23.0 Å². The van der Waals surface area contributed by atoms with Gasteiger partial charge in [0.05, 0.1) is 12.7 Å². The smallest absolute Gasteiger partial charge is 0.249 e. The molecule has 5 nitrogen and oxygen atoms in total. The number of hydrogen-bond donors (Lipinski definition) is 1. The van der Waals surface area contributed by atoms with Crippen molar-refractivity contribution in [2.75, 3.05) is 6.61 Å². The Bertz CT molecular complexity index is 535. The summed E-state index contributed by atoms with van der Waals surface area (Å²) in [5, 5.41) is 6.78. The average Bonchev–Trinajstić information content (AvgIpc) is 3.07. The highest BCUT2D eigenvalue weighted by Crippen LogP contribution is 2.24. The molecule has 3 unspecified atom stereocenters. The van der Waals surface area contributed by atoms with Crippen molar-refractivity contribution in [2.45, 2.75) is 59.0 Å². The van der Waals surface area contributed by atoms with Crippen LogP contribution in [0.4, 0.5) is 0 Å². The minimum absolute atomic E-state index is 0.0571. The minimum Gasteiger partial charge on any atom is -0.368 e. The third-order valence-corrected chi connectivity index (χ3v) is 4.46. The van der Waals surface area contributed by atoms with Gasteiger partial charge in [-0.05, 0) is 41.1 Å². The minimum atomic E-state index is -0.588. The Morgan fingerprint density at radius 3 is 2.78 bits per heavy atom. The molecular weight excluding hydrogens is 314 g/mol. The molecular formula is C17H25NO4S. The van der Waals surface area contributed by atoms with Crippen LogP contribution in [0.25, 0.3) is 0 Å². The second-order valence-electron chi connectivity index (χ2n) is 7.16. The zero-order valence-electron chi connectivity index (χ0n) is 14.1. The van der Waals surface area contributed by atoms with Crippen LogP contribution < -0.4 is 5.32 Å². The Labute approximate surface area is 141 Å². The lowest BCUT2D eigenvalue weighted by Crippen LogP contribution is -2.49. The Hall–Kier alpha value is -1.24. The van der Waals surface area contributed by atoms with Crippen LogP contribution in [0.1, 0.15) is 39.7 Å². The van der Waals surface area contributed by atoms with E-state index in [0.29, 0.717) is 13.0 Å². The fraction of sp³-hybridized carbons (Fsp3) is 0.647. The van der Waals surface area contributed by atoms with Gasteiger partial charge in [-0.15, -0.1) is 0 Å². The van der Waals surface area contributed by atoms with E-state index in [9.17, 15) is 9.59 Å². The molecule has 1 aromatic heterocycles. The lowest BCUT2D eigenvalue weighted by atomic mass is 9.88. The van der Waals surface area contributed by atoms with Crippen molar-refractivity contribution in [3.8, 4) is 0 Å². The fourth-order valence-electron chi connectivity index (χ4n) is 2.46. The molecule has 0 radical (unpaired) electrons. The van der Waals surface area contributed by atoms with Crippen LogP contribution in [0.3, 0.4) is 0 Å². The van der Waals surface area contributed by atoms with Gasteiger partial charge in [-0.1, -0.05) is 20.8 Å². The first kappa shape index (κ1) is 18.1. The maximum absolute atomic E-state index is 12.6. The SMILES string of the molecule is CC1OCC(=O)C1NC(=O)C(CC(C)(C)C)OCc1ccsc1. The van der Waals surface area contributed by atoms with Crippen LogP contribution in [-0.2, 0) is 25.7 Å². The van der Waals surface area contributed by atoms with Crippen molar-refractivity contribution in [3.63, 3.8) is 0 Å². The molecule has 0 spiro atoms. The molecule has 1 N–H and O–H groups in total. The first-order chi connectivity index (χ1) is 10.8. The lowest BCUT2D eigenvalue weighted by molar-refractivity contribution is -0.138. The van der Waals surface area contributed by atoms with Gasteiger partial charge in [0.15, 0.2) is 5.78 Å². The van der Waals surface area contributed by atoms with E-state index in [2.05, 4.69) is 26.1 Å². The third kappa shape index (κ3) is 5.41. The van der Waals surface area contributed by atoms with Gasteiger partial charge >= 0.3 is 0 Å². The molecule has 1 aliphatic rings. The summed E-state index contributed by atoms with van der Waals surface area (Å²) in [7, 11) is 0. The zero-order chi connectivity index (χ0) is 17.0. The van der Waals surface area contributed by atoms with E-state index in [1.54, 1.807) is 18.3 Å². The third-order valence-electron chi connectivity index (χ3n) is 3.72. The Morgan fingerprint density at radius 1 is 1.52 bits per heavy atom. The van der Waals surface area contributed by atoms with Crippen LogP contribution in [0.2, 0.25) is 0 Å². The quantitative estimate of drug-likeness (QED) is 0.865. The summed E-state index contributed by atoms with van der Waals surface area (Å²) in [6.45, 7) is 8.43. The predicted molar refractivity (Wildman–Crippen MR) is 89.3 cm³/mol. The van der Waals surface area contributed by atoms with E-state index in [1.807, 2.05) is 16.8 Å². The molecule has 0 bridgehead atoms. The maximum Gasteiger partial charge on any atom is 0.249 e. The van der Waals surface area contributed by atoms with Crippen LogP contribution in [0, 0.1) is 5.41 Å². The van der Waals surface area contributed by atoms with Gasteiger partial charge in [-0.25, -0.2) is 0 Å². The van der Waals surface area contributed by atoms with E-state index in [4.69, 9.17) is 9.47 Å². The number of ether oxygens (including phenoxy) is 2. The second-order valence-corrected chi connectivity index (χ2v) is 7.94. The van der Waals surface area contributed by atoms with Crippen molar-refractivity contribution in [2.24, 2.45) is 5.41 Å². The number of carbonyl (C=O) groups is 2. The molecule has 2 rings (SSSR count). The van der Waals surface area contributed by atoms with Crippen molar-refractivity contribution < 1.29 is 19.1 Å². The Kier molecular flexibility index (Phi) is 5.95. The highest BCUT2D eigenvalue weighted by atomic mass is 32.1. The van der Waals surface area contributed by atoms with Gasteiger partial charge in [-0.3, -0.25) is 9.59 Å². The number of rotatable bonds is 6. The Morgan fingerprint density at radius 2 is 2.26 bits per heavy atom. The molecule has 0 aliphatic carbocycles. The first-order valence-electron chi connectivity index (χ1n) is 7.83. The van der Waals surface area contributed by atoms with Crippen molar-refractivity contribution in [1.82, 2.24) is 5.32 Å². The second kappa shape index (κ2) is 7.55. The van der Waals surface area contributed by atoms with Gasteiger partial charge in [0.2, 0.25) is 5.91 Å². The molecule has 1 aliphatic heterocycles. The number of ketones is 1. The maximum atomic E-state index is 12.6. The molecule has 1 saturated heterocycles. The van der Waals surface area contributed by atoms with Gasteiger partial charge in [0.25, 0.3) is 0 Å². The van der Waals surface area contributed by atoms with Gasteiger partial charge in [0, 0.05) is 0 Å². The van der Waals surface area contributed by atoms with Gasteiger partial charge in [0.1, 0.15) is 18.8 Å². The molecule has 0 saturated carbocycles. The summed E-state index contributed by atoms with van der Waals surface area (Å²) in [5.74, 6) is -0.330. The molecule has 6 heteroatoms. The molecule has 1 aromatic rings. The van der Waals surface area contributed by atoms with Crippen LogP contribution in [-0.4, -0.2) is 36.5 Å². The summed E-state index contributed by atoms with van der Waals surface area (Å²) in [6, 6.07) is 1.40. The molecule has 2 heterocycles. The highest BCUT2D eigenvalue weighted by molar-refractivity contribution is 7.07. The number of hydrogen-bond acceptors (Lipinski definition) is 5. The van der Waals surface area contributed by atoms with Crippen LogP contribution in [0.15, 0.2) is 16.8 Å². The number of carbonyl (C=O) groups excluding carboxylic acids is 2. The molecule has 1 fully saturated rings. The number of amides is 1. The topological polar surface area (TPSA) is 64.6 Å². The zero-order valence-corrected chi connectivity index (χ0v) is 14.9. The van der Waals surface area contributed by atoms with E-state index >= 15 is 0 Å². The largest absolute Gasteiger partial charge is 0.368 e. The van der Waals surface area contributed by atoms with E-state index in [1.165, 1.54) is 0 Å². The van der Waals surface area contributed by atoms with E-state index in [-0.39, 0.29) is 29.8 Å². The highest BCUT2D eigenvalue weighted by Gasteiger charge is 2.36. The van der Waals surface area contributed by atoms with Gasteiger partial charge in [-0.2, -0.15) is 11.3 Å². The molecule has 3 atom stereocenters. The monoisotopic (exact) mass is 339 g/mol. The number of Topliss-reactive ketones (excluding diaryl/α,β-unsaturated/α-hetero) is 1. The first-order valence-corrected chi connectivity index (χ1v) is 8.78. The summed E-state index contributed by atoms with van der Waals surface area (Å²) in [6.07, 6.45) is -0.298. The van der Waals surface area contributed by atoms with Gasteiger partial charge < -0.3 is 14.8 Å². The summed E-state index contributed by atoms with van der Waals surface area (Å²) >= 11 is 1.60. The molecule has 23 heavy (non-hydrogen) atoms. The standard InChI is InChI=1S/C17H25NO4S/c1-11-15(13(19)9-21-11)18-16(20)14(7-17(2,3)4)22-8-12-5-6-23-10-12/h5-6,10-11,14-15H,7-9H2,1-4H3,(H,18,20). The predicted octanol–water partition coefficient (Wildman–Crippen LogP) is 2.54. The van der Waals surface area contributed by atoms with E-state index < -0.39 is 12.1 Å². The molecule has 0 aromatic carbocycles. The Balaban J connectivity index is 1.99. The summed E-state index contributed by atoms with van der Waals surface area (Å²) in [5.41, 5.74) is 0.994. The normalized spacial score (nSPS) is 23.0. The average molecular weight is 339 g/mol. The molecule has 128 valence electrons. The van der Waals surface area contributed by atoms with Crippen molar-refractivity contribution in [3.05, 3.63) is 22.4 Å². The van der Waals surface area contributed by atoms with E-state index in [0.717, 1.165) is 5.56 Å². The lowest BCUT2D eigenvalue weighted by Gasteiger charge is -2.27. The molecule has 1 amide bonds. The number of nitrogens with one attached hydrogen (secondary N) is 1. The fourth-order valence-corrected chi connectivity index (χ4v) is 3.11. The van der Waals surface area contributed by atoms with Crippen LogP contribution >= 0.6 is 11.3 Å². The van der Waals surface area contributed by atoms with Crippen molar-refractivity contribution in [1.29, 1.82) is 0 Å². The van der Waals surface area contributed by atoms with Crippen LogP contribution in [0.5, 0.6) is 0 Å².